The second-order valence-electron chi connectivity index (χ2n) is 6.29. The van der Waals surface area contributed by atoms with Crippen molar-refractivity contribution in [2.24, 2.45) is 0 Å². The summed E-state index contributed by atoms with van der Waals surface area (Å²) in [5.74, 6) is 1.94. The first-order valence-corrected chi connectivity index (χ1v) is 10.4. The van der Waals surface area contributed by atoms with Crippen LogP contribution in [-0.4, -0.2) is 24.3 Å². The molecule has 1 unspecified atom stereocenters. The van der Waals surface area contributed by atoms with Crippen LogP contribution in [0, 0.1) is 0 Å². The molecule has 0 heterocycles. The van der Waals surface area contributed by atoms with Crippen molar-refractivity contribution in [2.75, 3.05) is 13.2 Å². The lowest BCUT2D eigenvalue weighted by Gasteiger charge is -2.13. The molecule has 0 radical (unpaired) electrons. The first-order chi connectivity index (χ1) is 12.7. The molecule has 3 nitrogen and oxygen atoms in total. The van der Waals surface area contributed by atoms with Crippen molar-refractivity contribution in [1.82, 2.24) is 5.32 Å². The molecule has 2 aromatic carbocycles. The highest BCUT2D eigenvalue weighted by molar-refractivity contribution is 7.99. The molecule has 4 heteroatoms. The van der Waals surface area contributed by atoms with Crippen molar-refractivity contribution in [3.05, 3.63) is 65.7 Å². The van der Waals surface area contributed by atoms with E-state index in [9.17, 15) is 4.79 Å². The fourth-order valence-corrected chi connectivity index (χ4v) is 3.44. The van der Waals surface area contributed by atoms with Gasteiger partial charge in [0.15, 0.2) is 0 Å². The van der Waals surface area contributed by atoms with Crippen LogP contribution >= 0.6 is 11.8 Å². The average Bonchev–Trinajstić information content (AvgIpc) is 2.69. The van der Waals surface area contributed by atoms with E-state index in [4.69, 9.17) is 4.74 Å². The number of aryl methyl sites for hydroxylation is 1. The Kier molecular flexibility index (Phi) is 9.11. The maximum Gasteiger partial charge on any atom is 0.232 e. The molecule has 0 saturated carbocycles. The summed E-state index contributed by atoms with van der Waals surface area (Å²) in [5.41, 5.74) is 2.46. The highest BCUT2D eigenvalue weighted by Gasteiger charge is 2.12. The van der Waals surface area contributed by atoms with E-state index in [0.29, 0.717) is 6.54 Å². The fraction of sp³-hybridized carbons (Fsp3) is 0.409. The lowest BCUT2D eigenvalue weighted by atomic mass is 10.1. The summed E-state index contributed by atoms with van der Waals surface area (Å²) in [6.07, 6.45) is 2.82. The topological polar surface area (TPSA) is 38.3 Å². The quantitative estimate of drug-likeness (QED) is 0.574. The molecule has 0 spiro atoms. The number of nitrogens with one attached hydrogen (secondary N) is 1. The molecule has 0 aliphatic carbocycles. The highest BCUT2D eigenvalue weighted by Crippen LogP contribution is 2.20. The fourth-order valence-electron chi connectivity index (χ4n) is 2.57. The van der Waals surface area contributed by atoms with Gasteiger partial charge in [0.1, 0.15) is 5.75 Å². The van der Waals surface area contributed by atoms with Crippen LogP contribution in [0.4, 0.5) is 0 Å². The Morgan fingerprint density at radius 2 is 1.85 bits per heavy atom. The summed E-state index contributed by atoms with van der Waals surface area (Å²) in [5, 5.41) is 3.01. The SMILES string of the molecule is CCCOc1ccccc1CCCNC(=O)C(C)SCc1ccccc1. The van der Waals surface area contributed by atoms with Gasteiger partial charge in [-0.05, 0) is 43.4 Å². The standard InChI is InChI=1S/C22H29NO2S/c1-3-16-25-21-14-8-7-12-20(21)13-9-15-23-22(24)18(2)26-17-19-10-5-4-6-11-19/h4-8,10-12,14,18H,3,9,13,15-17H2,1-2H3,(H,23,24). The Morgan fingerprint density at radius 3 is 2.62 bits per heavy atom. The van der Waals surface area contributed by atoms with Gasteiger partial charge in [0.05, 0.1) is 11.9 Å². The normalized spacial score (nSPS) is 11.8. The summed E-state index contributed by atoms with van der Waals surface area (Å²) in [4.78, 5) is 12.2. The Labute approximate surface area is 161 Å². The number of hydrogen-bond acceptors (Lipinski definition) is 3. The smallest absolute Gasteiger partial charge is 0.232 e. The minimum absolute atomic E-state index is 0.0459. The highest BCUT2D eigenvalue weighted by atomic mass is 32.2. The van der Waals surface area contributed by atoms with E-state index in [2.05, 4.69) is 30.4 Å². The van der Waals surface area contributed by atoms with E-state index in [1.54, 1.807) is 11.8 Å². The Balaban J connectivity index is 1.68. The third kappa shape index (κ3) is 7.12. The Hall–Kier alpha value is -1.94. The molecule has 1 amide bonds. The Bertz CT molecular complexity index is 660. The number of para-hydroxylation sites is 1. The zero-order chi connectivity index (χ0) is 18.6. The second kappa shape index (κ2) is 11.6. The number of amides is 1. The molecule has 26 heavy (non-hydrogen) atoms. The van der Waals surface area contributed by atoms with Gasteiger partial charge in [0.2, 0.25) is 5.91 Å². The molecule has 0 aliphatic rings. The molecular formula is C22H29NO2S. The number of rotatable bonds is 11. The molecule has 0 aromatic heterocycles. The molecule has 2 rings (SSSR count). The van der Waals surface area contributed by atoms with Crippen molar-refractivity contribution in [3.63, 3.8) is 0 Å². The lowest BCUT2D eigenvalue weighted by molar-refractivity contribution is -0.120. The van der Waals surface area contributed by atoms with E-state index < -0.39 is 0 Å². The first-order valence-electron chi connectivity index (χ1n) is 9.34. The molecule has 0 bridgehead atoms. The summed E-state index contributed by atoms with van der Waals surface area (Å²) >= 11 is 1.67. The van der Waals surface area contributed by atoms with Crippen molar-refractivity contribution in [3.8, 4) is 5.75 Å². The number of thioether (sulfide) groups is 1. The summed E-state index contributed by atoms with van der Waals surface area (Å²) < 4.78 is 5.79. The minimum Gasteiger partial charge on any atom is -0.493 e. The Morgan fingerprint density at radius 1 is 1.12 bits per heavy atom. The van der Waals surface area contributed by atoms with Gasteiger partial charge < -0.3 is 10.1 Å². The largest absolute Gasteiger partial charge is 0.493 e. The molecule has 0 aliphatic heterocycles. The molecule has 2 aromatic rings. The van der Waals surface area contributed by atoms with Gasteiger partial charge >= 0.3 is 0 Å². The monoisotopic (exact) mass is 371 g/mol. The van der Waals surface area contributed by atoms with Crippen LogP contribution in [-0.2, 0) is 17.0 Å². The van der Waals surface area contributed by atoms with E-state index in [1.165, 1.54) is 11.1 Å². The van der Waals surface area contributed by atoms with Crippen LogP contribution in [0.3, 0.4) is 0 Å². The maximum absolute atomic E-state index is 12.2. The third-order valence-electron chi connectivity index (χ3n) is 4.07. The first kappa shape index (κ1) is 20.4. The third-order valence-corrected chi connectivity index (χ3v) is 5.28. The summed E-state index contributed by atoms with van der Waals surface area (Å²) in [7, 11) is 0. The summed E-state index contributed by atoms with van der Waals surface area (Å²) in [6, 6.07) is 18.4. The molecule has 1 N–H and O–H groups in total. The van der Waals surface area contributed by atoms with Crippen LogP contribution in [0.2, 0.25) is 0 Å². The van der Waals surface area contributed by atoms with Gasteiger partial charge in [-0.3, -0.25) is 4.79 Å². The minimum atomic E-state index is -0.0459. The van der Waals surface area contributed by atoms with Gasteiger partial charge in [-0.25, -0.2) is 0 Å². The van der Waals surface area contributed by atoms with E-state index >= 15 is 0 Å². The molecule has 0 saturated heterocycles. The summed E-state index contributed by atoms with van der Waals surface area (Å²) in [6.45, 7) is 5.51. The van der Waals surface area contributed by atoms with Crippen molar-refractivity contribution < 1.29 is 9.53 Å². The van der Waals surface area contributed by atoms with Crippen LogP contribution < -0.4 is 10.1 Å². The van der Waals surface area contributed by atoms with Gasteiger partial charge in [0.25, 0.3) is 0 Å². The van der Waals surface area contributed by atoms with Crippen molar-refractivity contribution in [1.29, 1.82) is 0 Å². The second-order valence-corrected chi connectivity index (χ2v) is 7.62. The number of carbonyl (C=O) groups is 1. The van der Waals surface area contributed by atoms with Crippen LogP contribution in [0.15, 0.2) is 54.6 Å². The van der Waals surface area contributed by atoms with E-state index in [1.807, 2.05) is 43.3 Å². The molecule has 140 valence electrons. The van der Waals surface area contributed by atoms with Gasteiger partial charge in [-0.2, -0.15) is 0 Å². The number of benzene rings is 2. The average molecular weight is 372 g/mol. The lowest BCUT2D eigenvalue weighted by Crippen LogP contribution is -2.31. The van der Waals surface area contributed by atoms with Crippen LogP contribution in [0.25, 0.3) is 0 Å². The van der Waals surface area contributed by atoms with E-state index in [-0.39, 0.29) is 11.2 Å². The van der Waals surface area contributed by atoms with E-state index in [0.717, 1.165) is 37.4 Å². The zero-order valence-electron chi connectivity index (χ0n) is 15.7. The predicted octanol–water partition coefficient (Wildman–Crippen LogP) is 4.85. The van der Waals surface area contributed by atoms with Gasteiger partial charge in [-0.1, -0.05) is 55.5 Å². The maximum atomic E-state index is 12.2. The van der Waals surface area contributed by atoms with Crippen LogP contribution in [0.1, 0.15) is 37.8 Å². The van der Waals surface area contributed by atoms with Gasteiger partial charge in [-0.15, -0.1) is 11.8 Å². The van der Waals surface area contributed by atoms with Crippen molar-refractivity contribution in [2.45, 2.75) is 44.1 Å². The predicted molar refractivity (Wildman–Crippen MR) is 111 cm³/mol. The molecular weight excluding hydrogens is 342 g/mol. The number of carbonyl (C=O) groups excluding carboxylic acids is 1. The molecule has 1 atom stereocenters. The number of ether oxygens (including phenoxy) is 1. The van der Waals surface area contributed by atoms with Crippen molar-refractivity contribution >= 4 is 17.7 Å². The zero-order valence-corrected chi connectivity index (χ0v) is 16.6. The van der Waals surface area contributed by atoms with Crippen LogP contribution in [0.5, 0.6) is 5.75 Å². The van der Waals surface area contributed by atoms with Gasteiger partial charge in [0, 0.05) is 12.3 Å². The number of hydrogen-bond donors (Lipinski definition) is 1. The molecule has 0 fully saturated rings.